The molecule has 3 amide bonds. The van der Waals surface area contributed by atoms with Gasteiger partial charge in [-0.1, -0.05) is 6.07 Å². The van der Waals surface area contributed by atoms with Crippen LogP contribution in [0.2, 0.25) is 0 Å². The van der Waals surface area contributed by atoms with Crippen molar-refractivity contribution < 1.29 is 14.3 Å². The fraction of sp³-hybridized carbons (Fsp3) is 0.0526. The van der Waals surface area contributed by atoms with Crippen LogP contribution in [0.1, 0.15) is 10.4 Å². The van der Waals surface area contributed by atoms with Crippen molar-refractivity contribution in [2.45, 2.75) is 0 Å². The number of amides is 3. The molecule has 0 fully saturated rings. The Morgan fingerprint density at radius 1 is 1.04 bits per heavy atom. The number of nitrogen functional groups attached to an aromatic ring is 1. The van der Waals surface area contributed by atoms with Crippen LogP contribution in [0, 0.1) is 0 Å². The number of benzene rings is 2. The topological polar surface area (TPSA) is 145 Å². The van der Waals surface area contributed by atoms with Crippen molar-refractivity contribution in [3.05, 3.63) is 60.3 Å². The fourth-order valence-electron chi connectivity index (χ4n) is 2.43. The number of nitrogens with two attached hydrogens (primary N) is 2. The van der Waals surface area contributed by atoms with E-state index in [1.807, 2.05) is 0 Å². The molecule has 0 aliphatic carbocycles. The SMILES string of the molecule is COc1cnc(-c2ccc(NC(=O)Nc3cccc(C(N)=O)c3)cc2)nc1N. The lowest BCUT2D eigenvalue weighted by atomic mass is 10.2. The first-order valence-electron chi connectivity index (χ1n) is 8.21. The molecule has 28 heavy (non-hydrogen) atoms. The Hall–Kier alpha value is -4.14. The molecular weight excluding hydrogens is 360 g/mol. The highest BCUT2D eigenvalue weighted by Crippen LogP contribution is 2.23. The maximum Gasteiger partial charge on any atom is 0.323 e. The number of urea groups is 1. The summed E-state index contributed by atoms with van der Waals surface area (Å²) in [6.07, 6.45) is 1.50. The molecule has 0 unspecified atom stereocenters. The maximum atomic E-state index is 12.1. The quantitative estimate of drug-likeness (QED) is 0.536. The van der Waals surface area contributed by atoms with Gasteiger partial charge < -0.3 is 26.8 Å². The predicted molar refractivity (Wildman–Crippen MR) is 106 cm³/mol. The van der Waals surface area contributed by atoms with Gasteiger partial charge >= 0.3 is 6.03 Å². The van der Waals surface area contributed by atoms with Crippen LogP contribution in [0.25, 0.3) is 11.4 Å². The lowest BCUT2D eigenvalue weighted by Crippen LogP contribution is -2.20. The van der Waals surface area contributed by atoms with Gasteiger partial charge in [0.05, 0.1) is 13.3 Å². The standard InChI is InChI=1S/C19H18N6O3/c1-28-15-10-22-18(25-16(15)20)11-5-7-13(8-6-11)23-19(27)24-14-4-2-3-12(9-14)17(21)26/h2-10H,1H3,(H2,21,26)(H2,20,22,25)(H2,23,24,27). The predicted octanol–water partition coefficient (Wildman–Crippen LogP) is 2.48. The smallest absolute Gasteiger partial charge is 0.323 e. The highest BCUT2D eigenvalue weighted by atomic mass is 16.5. The number of carbonyl (C=O) groups is 2. The number of aromatic nitrogens is 2. The van der Waals surface area contributed by atoms with Gasteiger partial charge in [0.25, 0.3) is 0 Å². The fourth-order valence-corrected chi connectivity index (χ4v) is 2.43. The first-order valence-corrected chi connectivity index (χ1v) is 8.21. The number of ether oxygens (including phenoxy) is 1. The second kappa shape index (κ2) is 8.04. The third-order valence-electron chi connectivity index (χ3n) is 3.81. The average molecular weight is 378 g/mol. The molecule has 142 valence electrons. The number of anilines is 3. The van der Waals surface area contributed by atoms with Gasteiger partial charge in [-0.3, -0.25) is 4.79 Å². The minimum atomic E-state index is -0.568. The van der Waals surface area contributed by atoms with E-state index in [0.29, 0.717) is 28.5 Å². The van der Waals surface area contributed by atoms with Crippen molar-refractivity contribution >= 4 is 29.1 Å². The van der Waals surface area contributed by atoms with E-state index in [1.165, 1.54) is 19.4 Å². The minimum absolute atomic E-state index is 0.243. The van der Waals surface area contributed by atoms with Crippen LogP contribution in [-0.4, -0.2) is 29.0 Å². The zero-order valence-electron chi connectivity index (χ0n) is 15.0. The molecule has 1 aromatic heterocycles. The number of carbonyl (C=O) groups excluding carboxylic acids is 2. The van der Waals surface area contributed by atoms with Gasteiger partial charge in [0.2, 0.25) is 5.91 Å². The molecule has 9 heteroatoms. The molecule has 0 saturated carbocycles. The van der Waals surface area contributed by atoms with Crippen LogP contribution in [0.15, 0.2) is 54.7 Å². The van der Waals surface area contributed by atoms with Crippen LogP contribution < -0.4 is 26.8 Å². The number of primary amides is 1. The summed E-state index contributed by atoms with van der Waals surface area (Å²) in [6, 6.07) is 12.8. The summed E-state index contributed by atoms with van der Waals surface area (Å²) < 4.78 is 5.04. The van der Waals surface area contributed by atoms with E-state index in [1.54, 1.807) is 42.5 Å². The molecule has 0 saturated heterocycles. The molecule has 3 rings (SSSR count). The Labute approximate surface area is 160 Å². The summed E-state index contributed by atoms with van der Waals surface area (Å²) in [5.74, 6) is 0.519. The van der Waals surface area contributed by atoms with E-state index >= 15 is 0 Å². The van der Waals surface area contributed by atoms with E-state index in [-0.39, 0.29) is 5.82 Å². The second-order valence-corrected chi connectivity index (χ2v) is 5.75. The van der Waals surface area contributed by atoms with Gasteiger partial charge in [-0.15, -0.1) is 0 Å². The number of nitrogens with one attached hydrogen (secondary N) is 2. The van der Waals surface area contributed by atoms with Gasteiger partial charge in [0.1, 0.15) is 0 Å². The normalized spacial score (nSPS) is 10.2. The third-order valence-corrected chi connectivity index (χ3v) is 3.81. The Bertz CT molecular complexity index is 1020. The summed E-state index contributed by atoms with van der Waals surface area (Å²) in [6.45, 7) is 0. The number of rotatable bonds is 5. The van der Waals surface area contributed by atoms with Crippen LogP contribution >= 0.6 is 0 Å². The van der Waals surface area contributed by atoms with Crippen molar-refractivity contribution in [3.63, 3.8) is 0 Å². The minimum Gasteiger partial charge on any atom is -0.491 e. The number of hydrogen-bond donors (Lipinski definition) is 4. The first kappa shape index (κ1) is 18.6. The molecule has 2 aromatic carbocycles. The molecule has 1 heterocycles. The van der Waals surface area contributed by atoms with E-state index in [2.05, 4.69) is 20.6 Å². The Morgan fingerprint density at radius 2 is 1.75 bits per heavy atom. The number of nitrogens with zero attached hydrogens (tertiary/aromatic N) is 2. The highest BCUT2D eigenvalue weighted by Gasteiger charge is 2.08. The molecule has 9 nitrogen and oxygen atoms in total. The average Bonchev–Trinajstić information content (AvgIpc) is 2.68. The number of methoxy groups -OCH3 is 1. The Balaban J connectivity index is 1.67. The summed E-state index contributed by atoms with van der Waals surface area (Å²) in [5, 5.41) is 5.33. The van der Waals surface area contributed by atoms with E-state index in [9.17, 15) is 9.59 Å². The monoisotopic (exact) mass is 378 g/mol. The van der Waals surface area contributed by atoms with Crippen LogP contribution in [0.5, 0.6) is 5.75 Å². The van der Waals surface area contributed by atoms with Gasteiger partial charge in [-0.2, -0.15) is 0 Å². The maximum absolute atomic E-state index is 12.1. The molecule has 0 aliphatic heterocycles. The second-order valence-electron chi connectivity index (χ2n) is 5.75. The lowest BCUT2D eigenvalue weighted by Gasteiger charge is -2.09. The van der Waals surface area contributed by atoms with Gasteiger partial charge in [0, 0.05) is 22.5 Å². The third kappa shape index (κ3) is 4.33. The highest BCUT2D eigenvalue weighted by molar-refractivity contribution is 6.01. The molecule has 0 aliphatic rings. The summed E-state index contributed by atoms with van der Waals surface area (Å²) >= 11 is 0. The van der Waals surface area contributed by atoms with Crippen molar-refractivity contribution in [3.8, 4) is 17.1 Å². The molecule has 0 radical (unpaired) electrons. The van der Waals surface area contributed by atoms with E-state index in [4.69, 9.17) is 16.2 Å². The molecule has 0 atom stereocenters. The Kier molecular flexibility index (Phi) is 5.35. The van der Waals surface area contributed by atoms with Crippen molar-refractivity contribution in [2.75, 3.05) is 23.5 Å². The number of hydrogen-bond acceptors (Lipinski definition) is 6. The van der Waals surface area contributed by atoms with Gasteiger partial charge in [0.15, 0.2) is 17.4 Å². The summed E-state index contributed by atoms with van der Waals surface area (Å²) in [4.78, 5) is 31.7. The first-order chi connectivity index (χ1) is 13.5. The van der Waals surface area contributed by atoms with Gasteiger partial charge in [-0.25, -0.2) is 14.8 Å². The van der Waals surface area contributed by atoms with Crippen molar-refractivity contribution in [1.29, 1.82) is 0 Å². The van der Waals surface area contributed by atoms with E-state index < -0.39 is 11.9 Å². The summed E-state index contributed by atoms with van der Waals surface area (Å²) in [7, 11) is 1.49. The molecular formula is C19H18N6O3. The van der Waals surface area contributed by atoms with Crippen LogP contribution in [-0.2, 0) is 0 Å². The lowest BCUT2D eigenvalue weighted by molar-refractivity contribution is 0.100. The van der Waals surface area contributed by atoms with Gasteiger partial charge in [-0.05, 0) is 42.5 Å². The molecule has 0 bridgehead atoms. The molecule has 3 aromatic rings. The zero-order valence-corrected chi connectivity index (χ0v) is 15.0. The van der Waals surface area contributed by atoms with Crippen LogP contribution in [0.4, 0.5) is 22.0 Å². The largest absolute Gasteiger partial charge is 0.491 e. The Morgan fingerprint density at radius 3 is 2.39 bits per heavy atom. The summed E-state index contributed by atoms with van der Waals surface area (Å²) in [5.41, 5.74) is 13.1. The van der Waals surface area contributed by atoms with E-state index in [0.717, 1.165) is 5.56 Å². The van der Waals surface area contributed by atoms with Crippen molar-refractivity contribution in [1.82, 2.24) is 9.97 Å². The van der Waals surface area contributed by atoms with Crippen molar-refractivity contribution in [2.24, 2.45) is 5.73 Å². The zero-order chi connectivity index (χ0) is 20.1. The molecule has 6 N–H and O–H groups in total. The molecule has 0 spiro atoms. The van der Waals surface area contributed by atoms with Crippen LogP contribution in [0.3, 0.4) is 0 Å².